The Bertz CT molecular complexity index is 881. The number of anilines is 1. The van der Waals surface area contributed by atoms with Crippen molar-refractivity contribution >= 4 is 17.5 Å². The maximum Gasteiger partial charge on any atom is 0.278 e. The third-order valence-electron chi connectivity index (χ3n) is 5.81. The zero-order chi connectivity index (χ0) is 20.2. The van der Waals surface area contributed by atoms with Crippen molar-refractivity contribution in [2.75, 3.05) is 31.5 Å². The normalized spacial score (nSPS) is 17.9. The van der Waals surface area contributed by atoms with Crippen LogP contribution in [0.2, 0.25) is 0 Å². The first-order valence-electron chi connectivity index (χ1n) is 10.5. The van der Waals surface area contributed by atoms with E-state index >= 15 is 0 Å². The van der Waals surface area contributed by atoms with Gasteiger partial charge in [0, 0.05) is 24.3 Å². The Balaban J connectivity index is 1.46. The fourth-order valence-corrected chi connectivity index (χ4v) is 4.15. The van der Waals surface area contributed by atoms with Crippen LogP contribution in [-0.2, 0) is 0 Å². The van der Waals surface area contributed by atoms with Gasteiger partial charge in [-0.25, -0.2) is 4.68 Å². The summed E-state index contributed by atoms with van der Waals surface area (Å²) in [5.74, 6) is -0.279. The SMILES string of the molecule is Cc1c(C(=O)Nc2cccc(C(=O)N3CCCCC3)c2)nnn1C1CCNCC1. The Kier molecular flexibility index (Phi) is 5.89. The van der Waals surface area contributed by atoms with Crippen LogP contribution in [0.15, 0.2) is 24.3 Å². The Morgan fingerprint density at radius 2 is 1.90 bits per heavy atom. The van der Waals surface area contributed by atoms with Crippen LogP contribution in [0.3, 0.4) is 0 Å². The van der Waals surface area contributed by atoms with E-state index in [0.29, 0.717) is 16.9 Å². The highest BCUT2D eigenvalue weighted by molar-refractivity contribution is 6.04. The molecular weight excluding hydrogens is 368 g/mol. The summed E-state index contributed by atoms with van der Waals surface area (Å²) >= 11 is 0. The van der Waals surface area contributed by atoms with Gasteiger partial charge in [-0.15, -0.1) is 5.10 Å². The molecule has 0 bridgehead atoms. The molecule has 0 spiro atoms. The molecule has 2 fully saturated rings. The number of piperidine rings is 2. The van der Waals surface area contributed by atoms with Gasteiger partial charge in [0.25, 0.3) is 11.8 Å². The third-order valence-corrected chi connectivity index (χ3v) is 5.81. The van der Waals surface area contributed by atoms with Crippen molar-refractivity contribution in [1.29, 1.82) is 0 Å². The van der Waals surface area contributed by atoms with E-state index in [1.54, 1.807) is 24.3 Å². The van der Waals surface area contributed by atoms with Crippen molar-refractivity contribution in [2.45, 2.75) is 45.1 Å². The average Bonchev–Trinajstić information content (AvgIpc) is 3.16. The van der Waals surface area contributed by atoms with Gasteiger partial charge < -0.3 is 15.5 Å². The van der Waals surface area contributed by atoms with Gasteiger partial charge >= 0.3 is 0 Å². The predicted octanol–water partition coefficient (Wildman–Crippen LogP) is 2.39. The molecule has 0 unspecified atom stereocenters. The van der Waals surface area contributed by atoms with Crippen LogP contribution in [0.4, 0.5) is 5.69 Å². The van der Waals surface area contributed by atoms with Crippen LogP contribution in [-0.4, -0.2) is 57.9 Å². The molecule has 2 aliphatic rings. The van der Waals surface area contributed by atoms with E-state index in [1.165, 1.54) is 6.42 Å². The highest BCUT2D eigenvalue weighted by atomic mass is 16.2. The van der Waals surface area contributed by atoms with Gasteiger partial charge in [0.1, 0.15) is 0 Å². The molecule has 4 rings (SSSR count). The molecule has 0 radical (unpaired) electrons. The first-order valence-corrected chi connectivity index (χ1v) is 10.5. The molecule has 3 heterocycles. The maximum absolute atomic E-state index is 12.8. The number of nitrogens with zero attached hydrogens (tertiary/aromatic N) is 4. The fraction of sp³-hybridized carbons (Fsp3) is 0.524. The van der Waals surface area contributed by atoms with E-state index in [1.807, 2.05) is 16.5 Å². The second kappa shape index (κ2) is 8.73. The first-order chi connectivity index (χ1) is 14.1. The van der Waals surface area contributed by atoms with Crippen LogP contribution in [0, 0.1) is 6.92 Å². The van der Waals surface area contributed by atoms with Gasteiger partial charge in [0.15, 0.2) is 5.69 Å². The van der Waals surface area contributed by atoms with E-state index in [4.69, 9.17) is 0 Å². The molecule has 8 heteroatoms. The molecule has 1 aromatic heterocycles. The minimum absolute atomic E-state index is 0.0221. The smallest absolute Gasteiger partial charge is 0.278 e. The molecule has 0 saturated carbocycles. The number of aromatic nitrogens is 3. The van der Waals surface area contributed by atoms with Gasteiger partial charge in [0.2, 0.25) is 0 Å². The quantitative estimate of drug-likeness (QED) is 0.828. The van der Waals surface area contributed by atoms with Crippen LogP contribution < -0.4 is 10.6 Å². The summed E-state index contributed by atoms with van der Waals surface area (Å²) in [5.41, 5.74) is 2.29. The summed E-state index contributed by atoms with van der Waals surface area (Å²) in [5, 5.41) is 14.6. The number of nitrogens with one attached hydrogen (secondary N) is 2. The lowest BCUT2D eigenvalue weighted by molar-refractivity contribution is 0.0724. The van der Waals surface area contributed by atoms with E-state index in [9.17, 15) is 9.59 Å². The van der Waals surface area contributed by atoms with E-state index < -0.39 is 0 Å². The fourth-order valence-electron chi connectivity index (χ4n) is 4.15. The number of carbonyl (C=O) groups is 2. The lowest BCUT2D eigenvalue weighted by Crippen LogP contribution is -2.35. The van der Waals surface area contributed by atoms with Crippen LogP contribution >= 0.6 is 0 Å². The third kappa shape index (κ3) is 4.32. The second-order valence-electron chi connectivity index (χ2n) is 7.84. The second-order valence-corrected chi connectivity index (χ2v) is 7.84. The number of rotatable bonds is 4. The van der Waals surface area contributed by atoms with Gasteiger partial charge in [-0.2, -0.15) is 0 Å². The summed E-state index contributed by atoms with van der Waals surface area (Å²) in [4.78, 5) is 27.4. The molecule has 29 heavy (non-hydrogen) atoms. The molecule has 2 aromatic rings. The standard InChI is InChI=1S/C21H28N6O2/c1-15-19(24-25-27(15)18-8-10-22-11-9-18)20(28)23-17-7-5-6-16(14-17)21(29)26-12-3-2-4-13-26/h5-7,14,18,22H,2-4,8-13H2,1H3,(H,23,28). The number of amides is 2. The van der Waals surface area contributed by atoms with E-state index in [-0.39, 0.29) is 17.9 Å². The van der Waals surface area contributed by atoms with Gasteiger partial charge in [-0.3, -0.25) is 9.59 Å². The molecule has 2 saturated heterocycles. The summed E-state index contributed by atoms with van der Waals surface area (Å²) in [6.07, 6.45) is 5.23. The van der Waals surface area contributed by atoms with Crippen molar-refractivity contribution in [2.24, 2.45) is 0 Å². The zero-order valence-corrected chi connectivity index (χ0v) is 16.9. The lowest BCUT2D eigenvalue weighted by atomic mass is 10.1. The Morgan fingerprint density at radius 3 is 2.66 bits per heavy atom. The minimum atomic E-state index is -0.301. The lowest BCUT2D eigenvalue weighted by Gasteiger charge is -2.26. The highest BCUT2D eigenvalue weighted by Crippen LogP contribution is 2.21. The Hall–Kier alpha value is -2.74. The molecule has 2 N–H and O–H groups in total. The topological polar surface area (TPSA) is 92.2 Å². The monoisotopic (exact) mass is 396 g/mol. The number of hydrogen-bond donors (Lipinski definition) is 2. The Morgan fingerprint density at radius 1 is 1.14 bits per heavy atom. The molecule has 0 atom stereocenters. The molecule has 0 aliphatic carbocycles. The molecule has 2 amide bonds. The summed E-state index contributed by atoms with van der Waals surface area (Å²) in [6.45, 7) is 5.38. The summed E-state index contributed by atoms with van der Waals surface area (Å²) in [7, 11) is 0. The summed E-state index contributed by atoms with van der Waals surface area (Å²) < 4.78 is 1.87. The average molecular weight is 396 g/mol. The molecule has 8 nitrogen and oxygen atoms in total. The van der Waals surface area contributed by atoms with Crippen molar-refractivity contribution in [1.82, 2.24) is 25.2 Å². The van der Waals surface area contributed by atoms with Crippen molar-refractivity contribution in [3.8, 4) is 0 Å². The number of carbonyl (C=O) groups excluding carboxylic acids is 2. The van der Waals surface area contributed by atoms with Gasteiger partial charge in [-0.1, -0.05) is 11.3 Å². The van der Waals surface area contributed by atoms with E-state index in [0.717, 1.165) is 57.6 Å². The van der Waals surface area contributed by atoms with E-state index in [2.05, 4.69) is 20.9 Å². The molecule has 2 aliphatic heterocycles. The summed E-state index contributed by atoms with van der Waals surface area (Å²) in [6, 6.07) is 7.39. The van der Waals surface area contributed by atoms with Crippen LogP contribution in [0.5, 0.6) is 0 Å². The predicted molar refractivity (Wildman–Crippen MR) is 110 cm³/mol. The van der Waals surface area contributed by atoms with Crippen molar-refractivity contribution < 1.29 is 9.59 Å². The molecule has 1 aromatic carbocycles. The largest absolute Gasteiger partial charge is 0.339 e. The van der Waals surface area contributed by atoms with Crippen molar-refractivity contribution in [3.05, 3.63) is 41.2 Å². The molecule has 154 valence electrons. The van der Waals surface area contributed by atoms with Crippen LogP contribution in [0.1, 0.15) is 64.7 Å². The van der Waals surface area contributed by atoms with Crippen LogP contribution in [0.25, 0.3) is 0 Å². The first kappa shape index (κ1) is 19.6. The molecular formula is C21H28N6O2. The highest BCUT2D eigenvalue weighted by Gasteiger charge is 2.23. The maximum atomic E-state index is 12.8. The zero-order valence-electron chi connectivity index (χ0n) is 16.9. The number of benzene rings is 1. The van der Waals surface area contributed by atoms with Gasteiger partial charge in [-0.05, 0) is 70.3 Å². The van der Waals surface area contributed by atoms with Crippen molar-refractivity contribution in [3.63, 3.8) is 0 Å². The minimum Gasteiger partial charge on any atom is -0.339 e. The number of likely N-dealkylation sites (tertiary alicyclic amines) is 1. The van der Waals surface area contributed by atoms with Gasteiger partial charge in [0.05, 0.1) is 11.7 Å². The Labute approximate surface area is 170 Å². The number of hydrogen-bond acceptors (Lipinski definition) is 5.